The van der Waals surface area contributed by atoms with Crippen LogP contribution in [0.5, 0.6) is 0 Å². The van der Waals surface area contributed by atoms with Crippen LogP contribution in [-0.2, 0) is 4.79 Å². The summed E-state index contributed by atoms with van der Waals surface area (Å²) in [6, 6.07) is 0. The van der Waals surface area contributed by atoms with Gasteiger partial charge in [0.1, 0.15) is 0 Å². The fraction of sp³-hybridized carbons (Fsp3) is 0.929. The topological polar surface area (TPSA) is 55.1 Å². The van der Waals surface area contributed by atoms with Crippen molar-refractivity contribution < 1.29 is 4.79 Å². The first-order valence-corrected chi connectivity index (χ1v) is 7.19. The summed E-state index contributed by atoms with van der Waals surface area (Å²) < 4.78 is 0. The van der Waals surface area contributed by atoms with Gasteiger partial charge in [-0.25, -0.2) is 0 Å². The highest BCUT2D eigenvalue weighted by Gasteiger charge is 2.54. The standard InChI is InChI=1S/C14H24N2O/c15-9-13(5-1-2-6-13)12(17)16-10-14(7-8-14)11-3-4-11/h11H,1-10,15H2,(H,16,17). The number of hydrogen-bond donors (Lipinski definition) is 2. The number of carbonyl (C=O) groups is 1. The summed E-state index contributed by atoms with van der Waals surface area (Å²) in [6.45, 7) is 1.44. The number of amides is 1. The van der Waals surface area contributed by atoms with Crippen LogP contribution < -0.4 is 11.1 Å². The highest BCUT2D eigenvalue weighted by molar-refractivity contribution is 5.83. The van der Waals surface area contributed by atoms with Gasteiger partial charge in [0.15, 0.2) is 0 Å². The number of nitrogens with two attached hydrogens (primary N) is 1. The van der Waals surface area contributed by atoms with Gasteiger partial charge in [-0.05, 0) is 49.9 Å². The Morgan fingerprint density at radius 2 is 1.82 bits per heavy atom. The normalized spacial score (nSPS) is 29.0. The maximum absolute atomic E-state index is 12.3. The van der Waals surface area contributed by atoms with Crippen LogP contribution >= 0.6 is 0 Å². The van der Waals surface area contributed by atoms with Crippen LogP contribution in [0.3, 0.4) is 0 Å². The molecule has 1 amide bonds. The van der Waals surface area contributed by atoms with Crippen LogP contribution in [0.25, 0.3) is 0 Å². The first kappa shape index (κ1) is 11.5. The van der Waals surface area contributed by atoms with E-state index in [0.717, 1.165) is 25.3 Å². The highest BCUT2D eigenvalue weighted by Crippen LogP contribution is 2.60. The van der Waals surface area contributed by atoms with Gasteiger partial charge in [0.25, 0.3) is 0 Å². The molecule has 17 heavy (non-hydrogen) atoms. The lowest BCUT2D eigenvalue weighted by Gasteiger charge is -2.27. The molecule has 0 aromatic heterocycles. The molecule has 3 saturated carbocycles. The lowest BCUT2D eigenvalue weighted by Crippen LogP contribution is -2.46. The molecule has 0 saturated heterocycles. The Bertz CT molecular complexity index is 312. The molecule has 3 nitrogen and oxygen atoms in total. The van der Waals surface area contributed by atoms with Crippen molar-refractivity contribution in [3.8, 4) is 0 Å². The Morgan fingerprint density at radius 3 is 2.29 bits per heavy atom. The van der Waals surface area contributed by atoms with E-state index in [4.69, 9.17) is 5.73 Å². The van der Waals surface area contributed by atoms with E-state index in [9.17, 15) is 4.79 Å². The Morgan fingerprint density at radius 1 is 1.18 bits per heavy atom. The van der Waals surface area contributed by atoms with E-state index in [1.807, 2.05) is 0 Å². The number of hydrogen-bond acceptors (Lipinski definition) is 2. The molecule has 3 N–H and O–H groups in total. The fourth-order valence-electron chi connectivity index (χ4n) is 3.61. The predicted molar refractivity (Wildman–Crippen MR) is 67.4 cm³/mol. The Hall–Kier alpha value is -0.570. The van der Waals surface area contributed by atoms with Gasteiger partial charge in [-0.15, -0.1) is 0 Å². The molecule has 0 bridgehead atoms. The number of nitrogens with one attached hydrogen (secondary N) is 1. The summed E-state index contributed by atoms with van der Waals surface area (Å²) in [5.74, 6) is 1.16. The van der Waals surface area contributed by atoms with Crippen molar-refractivity contribution in [2.75, 3.05) is 13.1 Å². The Labute approximate surface area is 104 Å². The van der Waals surface area contributed by atoms with Crippen molar-refractivity contribution in [2.24, 2.45) is 22.5 Å². The van der Waals surface area contributed by atoms with Crippen LogP contribution in [-0.4, -0.2) is 19.0 Å². The third kappa shape index (κ3) is 1.99. The Balaban J connectivity index is 1.55. The van der Waals surface area contributed by atoms with Gasteiger partial charge in [0, 0.05) is 13.1 Å². The monoisotopic (exact) mass is 236 g/mol. The van der Waals surface area contributed by atoms with Crippen molar-refractivity contribution >= 4 is 5.91 Å². The van der Waals surface area contributed by atoms with E-state index >= 15 is 0 Å². The smallest absolute Gasteiger partial charge is 0.227 e. The van der Waals surface area contributed by atoms with Crippen molar-refractivity contribution in [1.29, 1.82) is 0 Å². The summed E-state index contributed by atoms with van der Waals surface area (Å²) in [4.78, 5) is 12.3. The van der Waals surface area contributed by atoms with Crippen LogP contribution in [0.4, 0.5) is 0 Å². The minimum Gasteiger partial charge on any atom is -0.355 e. The first-order valence-electron chi connectivity index (χ1n) is 7.19. The molecule has 96 valence electrons. The van der Waals surface area contributed by atoms with E-state index in [1.165, 1.54) is 38.5 Å². The van der Waals surface area contributed by atoms with E-state index in [2.05, 4.69) is 5.32 Å². The zero-order chi connectivity index (χ0) is 11.9. The average molecular weight is 236 g/mol. The summed E-state index contributed by atoms with van der Waals surface area (Å²) in [7, 11) is 0. The lowest BCUT2D eigenvalue weighted by molar-refractivity contribution is -0.130. The highest BCUT2D eigenvalue weighted by atomic mass is 16.2. The van der Waals surface area contributed by atoms with Gasteiger partial charge >= 0.3 is 0 Å². The summed E-state index contributed by atoms with van der Waals surface area (Å²) in [6.07, 6.45) is 9.74. The van der Waals surface area contributed by atoms with Gasteiger partial charge in [-0.1, -0.05) is 12.8 Å². The second kappa shape index (κ2) is 3.98. The molecular formula is C14H24N2O. The van der Waals surface area contributed by atoms with Crippen LogP contribution in [0.1, 0.15) is 51.4 Å². The molecule has 0 radical (unpaired) electrons. The van der Waals surface area contributed by atoms with Crippen LogP contribution in [0.15, 0.2) is 0 Å². The molecule has 0 atom stereocenters. The average Bonchev–Trinajstić information content (AvgIpc) is 3.24. The summed E-state index contributed by atoms with van der Waals surface area (Å²) in [5.41, 5.74) is 6.12. The summed E-state index contributed by atoms with van der Waals surface area (Å²) in [5, 5.41) is 3.22. The van der Waals surface area contributed by atoms with Gasteiger partial charge < -0.3 is 11.1 Å². The van der Waals surface area contributed by atoms with Crippen molar-refractivity contribution in [3.05, 3.63) is 0 Å². The third-order valence-electron chi connectivity index (χ3n) is 5.37. The molecular weight excluding hydrogens is 212 g/mol. The molecule has 3 aliphatic rings. The van der Waals surface area contributed by atoms with Crippen molar-refractivity contribution in [2.45, 2.75) is 51.4 Å². The minimum absolute atomic E-state index is 0.223. The second-order valence-electron chi connectivity index (χ2n) is 6.51. The quantitative estimate of drug-likeness (QED) is 0.765. The molecule has 0 heterocycles. The first-order chi connectivity index (χ1) is 8.21. The molecule has 3 rings (SSSR count). The third-order valence-corrected chi connectivity index (χ3v) is 5.37. The SMILES string of the molecule is NCC1(C(=O)NCC2(C3CC3)CC2)CCCC1. The molecule has 0 unspecified atom stereocenters. The van der Waals surface area contributed by atoms with E-state index in [-0.39, 0.29) is 11.3 Å². The van der Waals surface area contributed by atoms with Crippen molar-refractivity contribution in [3.63, 3.8) is 0 Å². The number of rotatable bonds is 5. The molecule has 0 spiro atoms. The maximum Gasteiger partial charge on any atom is 0.227 e. The maximum atomic E-state index is 12.3. The fourth-order valence-corrected chi connectivity index (χ4v) is 3.61. The molecule has 3 aliphatic carbocycles. The zero-order valence-electron chi connectivity index (χ0n) is 10.6. The van der Waals surface area contributed by atoms with Crippen LogP contribution in [0.2, 0.25) is 0 Å². The van der Waals surface area contributed by atoms with E-state index in [0.29, 0.717) is 12.0 Å². The minimum atomic E-state index is -0.223. The zero-order valence-corrected chi connectivity index (χ0v) is 10.6. The van der Waals surface area contributed by atoms with Gasteiger partial charge in [0.05, 0.1) is 5.41 Å². The molecule has 3 heteroatoms. The lowest BCUT2D eigenvalue weighted by atomic mass is 9.85. The summed E-state index contributed by atoms with van der Waals surface area (Å²) >= 11 is 0. The van der Waals surface area contributed by atoms with Crippen molar-refractivity contribution in [1.82, 2.24) is 5.32 Å². The number of carbonyl (C=O) groups excluding carboxylic acids is 1. The van der Waals surface area contributed by atoms with Gasteiger partial charge in [-0.3, -0.25) is 4.79 Å². The van der Waals surface area contributed by atoms with E-state index < -0.39 is 0 Å². The van der Waals surface area contributed by atoms with E-state index in [1.54, 1.807) is 0 Å². The largest absolute Gasteiger partial charge is 0.355 e. The molecule has 0 aromatic rings. The van der Waals surface area contributed by atoms with Gasteiger partial charge in [-0.2, -0.15) is 0 Å². The second-order valence-corrected chi connectivity index (χ2v) is 6.51. The molecule has 0 aliphatic heterocycles. The molecule has 3 fully saturated rings. The predicted octanol–water partition coefficient (Wildman–Crippen LogP) is 1.81. The van der Waals surface area contributed by atoms with Crippen LogP contribution in [0, 0.1) is 16.7 Å². The molecule has 0 aromatic carbocycles. The van der Waals surface area contributed by atoms with Gasteiger partial charge in [0.2, 0.25) is 5.91 Å². The Kier molecular flexibility index (Phi) is 2.69.